The first-order chi connectivity index (χ1) is 9.69. The maximum absolute atomic E-state index is 7.53. The standard InChI is InChI=1S/C17H27N3/c18-17(19)20-3-1-11(2-4-20)10-16-14-6-12-5-13(8-14)9-15(16)7-12/h10-15H,1-9H2,(H3,18,19). The lowest BCUT2D eigenvalue weighted by Crippen LogP contribution is -2.43. The highest BCUT2D eigenvalue weighted by Crippen LogP contribution is 2.56. The Morgan fingerprint density at radius 1 is 1.00 bits per heavy atom. The van der Waals surface area contributed by atoms with Gasteiger partial charge in [-0.05, 0) is 74.5 Å². The minimum absolute atomic E-state index is 0.255. The van der Waals surface area contributed by atoms with Gasteiger partial charge in [0, 0.05) is 13.1 Å². The van der Waals surface area contributed by atoms with E-state index < -0.39 is 0 Å². The summed E-state index contributed by atoms with van der Waals surface area (Å²) in [6, 6.07) is 0. The second-order valence-corrected chi connectivity index (χ2v) is 7.68. The number of nitrogens with two attached hydrogens (primary N) is 1. The normalized spacial score (nSPS) is 40.2. The Morgan fingerprint density at radius 3 is 2.05 bits per heavy atom. The van der Waals surface area contributed by atoms with Gasteiger partial charge in [0.25, 0.3) is 0 Å². The quantitative estimate of drug-likeness (QED) is 0.438. The molecule has 0 radical (unpaired) electrons. The van der Waals surface area contributed by atoms with Gasteiger partial charge in [0.1, 0.15) is 0 Å². The van der Waals surface area contributed by atoms with Crippen LogP contribution in [-0.4, -0.2) is 23.9 Å². The molecule has 0 aromatic rings. The Hall–Kier alpha value is -0.990. The number of nitrogens with zero attached hydrogens (tertiary/aromatic N) is 1. The molecule has 20 heavy (non-hydrogen) atoms. The van der Waals surface area contributed by atoms with Crippen LogP contribution in [0.3, 0.4) is 0 Å². The molecule has 4 bridgehead atoms. The molecule has 5 aliphatic rings. The van der Waals surface area contributed by atoms with Gasteiger partial charge >= 0.3 is 0 Å². The summed E-state index contributed by atoms with van der Waals surface area (Å²) in [5.74, 6) is 5.02. The summed E-state index contributed by atoms with van der Waals surface area (Å²) in [6.07, 6.45) is 12.6. The molecule has 4 saturated carbocycles. The second kappa shape index (κ2) is 4.78. The van der Waals surface area contributed by atoms with Crippen LogP contribution in [0.15, 0.2) is 11.6 Å². The summed E-state index contributed by atoms with van der Waals surface area (Å²) >= 11 is 0. The first-order valence-corrected chi connectivity index (χ1v) is 8.49. The second-order valence-electron chi connectivity index (χ2n) is 7.68. The molecule has 3 N–H and O–H groups in total. The average molecular weight is 273 g/mol. The molecule has 1 heterocycles. The molecule has 3 heteroatoms. The summed E-state index contributed by atoms with van der Waals surface area (Å²) in [5.41, 5.74) is 7.43. The van der Waals surface area contributed by atoms with Gasteiger partial charge in [-0.3, -0.25) is 5.41 Å². The van der Waals surface area contributed by atoms with Crippen LogP contribution < -0.4 is 5.73 Å². The van der Waals surface area contributed by atoms with Crippen LogP contribution >= 0.6 is 0 Å². The van der Waals surface area contributed by atoms with Crippen molar-refractivity contribution in [1.29, 1.82) is 5.41 Å². The van der Waals surface area contributed by atoms with Gasteiger partial charge in [0.2, 0.25) is 0 Å². The number of hydrogen-bond acceptors (Lipinski definition) is 1. The number of nitrogens with one attached hydrogen (secondary N) is 1. The molecule has 0 spiro atoms. The Bertz CT molecular complexity index is 402. The van der Waals surface area contributed by atoms with E-state index in [1.54, 1.807) is 0 Å². The van der Waals surface area contributed by atoms with Gasteiger partial charge in [-0.15, -0.1) is 0 Å². The van der Waals surface area contributed by atoms with Crippen molar-refractivity contribution in [1.82, 2.24) is 4.90 Å². The van der Waals surface area contributed by atoms with Crippen LogP contribution in [0, 0.1) is 35.0 Å². The largest absolute Gasteiger partial charge is 0.370 e. The number of likely N-dealkylation sites (tertiary alicyclic amines) is 1. The van der Waals surface area contributed by atoms with E-state index in [1.165, 1.54) is 44.9 Å². The molecule has 1 saturated heterocycles. The first kappa shape index (κ1) is 12.7. The molecule has 4 aliphatic carbocycles. The van der Waals surface area contributed by atoms with E-state index in [9.17, 15) is 0 Å². The predicted molar refractivity (Wildman–Crippen MR) is 81.3 cm³/mol. The Labute approximate surface area is 122 Å². The van der Waals surface area contributed by atoms with Crippen molar-refractivity contribution < 1.29 is 0 Å². The van der Waals surface area contributed by atoms with Gasteiger partial charge in [0.05, 0.1) is 0 Å². The van der Waals surface area contributed by atoms with E-state index in [0.717, 1.165) is 42.7 Å². The number of guanidine groups is 1. The van der Waals surface area contributed by atoms with E-state index in [4.69, 9.17) is 11.1 Å². The average Bonchev–Trinajstić information content (AvgIpc) is 2.42. The summed E-state index contributed by atoms with van der Waals surface area (Å²) in [5, 5.41) is 7.53. The molecule has 5 fully saturated rings. The zero-order valence-electron chi connectivity index (χ0n) is 12.4. The molecule has 1 aliphatic heterocycles. The van der Waals surface area contributed by atoms with Crippen molar-refractivity contribution >= 4 is 5.96 Å². The van der Waals surface area contributed by atoms with Crippen molar-refractivity contribution in [2.75, 3.05) is 13.1 Å². The molecular formula is C17H27N3. The van der Waals surface area contributed by atoms with Gasteiger partial charge in [-0.2, -0.15) is 0 Å². The molecule has 110 valence electrons. The monoisotopic (exact) mass is 273 g/mol. The van der Waals surface area contributed by atoms with Crippen LogP contribution in [0.25, 0.3) is 0 Å². The zero-order valence-corrected chi connectivity index (χ0v) is 12.4. The fourth-order valence-corrected chi connectivity index (χ4v) is 5.58. The Balaban J connectivity index is 1.44. The topological polar surface area (TPSA) is 53.1 Å². The SMILES string of the molecule is N=C(N)N1CCC(C=C2C3CC4CC(C3)CC2C4)CC1. The lowest BCUT2D eigenvalue weighted by Gasteiger charge is -2.52. The number of rotatable bonds is 1. The highest BCUT2D eigenvalue weighted by Gasteiger charge is 2.45. The lowest BCUT2D eigenvalue weighted by molar-refractivity contribution is 0.0684. The molecule has 5 rings (SSSR count). The predicted octanol–water partition coefficient (Wildman–Crippen LogP) is 2.97. The molecule has 0 amide bonds. The number of piperidine rings is 1. The van der Waals surface area contributed by atoms with Crippen LogP contribution in [0.2, 0.25) is 0 Å². The van der Waals surface area contributed by atoms with E-state index in [0.29, 0.717) is 0 Å². The molecule has 3 nitrogen and oxygen atoms in total. The van der Waals surface area contributed by atoms with Gasteiger partial charge in [-0.25, -0.2) is 0 Å². The first-order valence-electron chi connectivity index (χ1n) is 8.49. The van der Waals surface area contributed by atoms with E-state index in [2.05, 4.69) is 6.08 Å². The van der Waals surface area contributed by atoms with Crippen molar-refractivity contribution in [2.24, 2.45) is 35.3 Å². The van der Waals surface area contributed by atoms with Gasteiger partial charge in [0.15, 0.2) is 5.96 Å². The minimum atomic E-state index is 0.255. The summed E-state index contributed by atoms with van der Waals surface area (Å²) in [4.78, 5) is 2.02. The highest BCUT2D eigenvalue weighted by molar-refractivity contribution is 5.74. The van der Waals surface area contributed by atoms with Crippen LogP contribution in [-0.2, 0) is 0 Å². The number of hydrogen-bond donors (Lipinski definition) is 2. The van der Waals surface area contributed by atoms with E-state index in [1.807, 2.05) is 10.5 Å². The van der Waals surface area contributed by atoms with Crippen molar-refractivity contribution in [3.63, 3.8) is 0 Å². The Morgan fingerprint density at radius 2 is 1.55 bits per heavy atom. The summed E-state index contributed by atoms with van der Waals surface area (Å²) < 4.78 is 0. The maximum atomic E-state index is 7.53. The minimum Gasteiger partial charge on any atom is -0.370 e. The molecule has 0 aromatic heterocycles. The highest BCUT2D eigenvalue weighted by atomic mass is 15.2. The summed E-state index contributed by atoms with van der Waals surface area (Å²) in [6.45, 7) is 1.95. The van der Waals surface area contributed by atoms with E-state index in [-0.39, 0.29) is 5.96 Å². The fourth-order valence-electron chi connectivity index (χ4n) is 5.58. The fraction of sp³-hybridized carbons (Fsp3) is 0.824. The number of allylic oxidation sites excluding steroid dienone is 2. The lowest BCUT2D eigenvalue weighted by atomic mass is 9.54. The van der Waals surface area contributed by atoms with Crippen LogP contribution in [0.4, 0.5) is 0 Å². The molecule has 0 aromatic carbocycles. The van der Waals surface area contributed by atoms with Crippen molar-refractivity contribution in [3.8, 4) is 0 Å². The third-order valence-corrected chi connectivity index (χ3v) is 6.39. The van der Waals surface area contributed by atoms with Gasteiger partial charge < -0.3 is 10.6 Å². The van der Waals surface area contributed by atoms with E-state index >= 15 is 0 Å². The maximum Gasteiger partial charge on any atom is 0.188 e. The van der Waals surface area contributed by atoms with Crippen LogP contribution in [0.5, 0.6) is 0 Å². The third kappa shape index (κ3) is 2.15. The summed E-state index contributed by atoms with van der Waals surface area (Å²) in [7, 11) is 0. The van der Waals surface area contributed by atoms with Crippen molar-refractivity contribution in [3.05, 3.63) is 11.6 Å². The third-order valence-electron chi connectivity index (χ3n) is 6.39. The molecule has 0 atom stereocenters. The van der Waals surface area contributed by atoms with Crippen molar-refractivity contribution in [2.45, 2.75) is 44.9 Å². The van der Waals surface area contributed by atoms with Gasteiger partial charge in [-0.1, -0.05) is 11.6 Å². The smallest absolute Gasteiger partial charge is 0.188 e. The Kier molecular flexibility index (Phi) is 3.04. The molecular weight excluding hydrogens is 246 g/mol. The molecule has 0 unspecified atom stereocenters. The van der Waals surface area contributed by atoms with Crippen LogP contribution in [0.1, 0.15) is 44.9 Å². The zero-order chi connectivity index (χ0) is 13.7.